The van der Waals surface area contributed by atoms with Crippen LogP contribution in [0.1, 0.15) is 5.56 Å². The summed E-state index contributed by atoms with van der Waals surface area (Å²) in [6, 6.07) is 22.1. The molecule has 0 spiro atoms. The third kappa shape index (κ3) is 3.06. The predicted molar refractivity (Wildman–Crippen MR) is 128 cm³/mol. The van der Waals surface area contributed by atoms with Gasteiger partial charge in [-0.2, -0.15) is 5.26 Å². The van der Waals surface area contributed by atoms with E-state index < -0.39 is 0 Å². The highest BCUT2D eigenvalue weighted by Gasteiger charge is 2.21. The lowest BCUT2D eigenvalue weighted by molar-refractivity contribution is 0.413. The molecule has 2 aromatic heterocycles. The van der Waals surface area contributed by atoms with Crippen molar-refractivity contribution in [2.24, 2.45) is 0 Å². The van der Waals surface area contributed by atoms with Crippen molar-refractivity contribution in [1.29, 1.82) is 5.26 Å². The van der Waals surface area contributed by atoms with Gasteiger partial charge in [-0.3, -0.25) is 0 Å². The molecule has 0 fully saturated rings. The molecule has 0 N–H and O–H groups in total. The Labute approximate surface area is 189 Å². The fourth-order valence-electron chi connectivity index (χ4n) is 4.15. The van der Waals surface area contributed by atoms with Gasteiger partial charge in [-0.15, -0.1) is 11.3 Å². The number of fused-ring (bicyclic) bond motifs is 3. The fraction of sp³-hybridized carbons (Fsp3) is 0.115. The number of aromatic nitrogens is 1. The standard InChI is InChI=1S/C26H20N2O3S/c1-29-17-6-8-22-19(13-17)20-14-18(30-2)7-9-23(20)28(22)26-21(25-5-4-10-32-25)11-16(15-27)12-24(26)31-3/h4-14H,1-3H3. The van der Waals surface area contributed by atoms with Crippen LogP contribution in [0.5, 0.6) is 17.2 Å². The van der Waals surface area contributed by atoms with Crippen molar-refractivity contribution >= 4 is 33.1 Å². The van der Waals surface area contributed by atoms with E-state index in [9.17, 15) is 5.26 Å². The minimum atomic E-state index is 0.554. The molecule has 2 heterocycles. The molecule has 0 saturated heterocycles. The van der Waals surface area contributed by atoms with Crippen LogP contribution in [0.4, 0.5) is 0 Å². The van der Waals surface area contributed by atoms with Crippen molar-refractivity contribution in [3.8, 4) is 39.4 Å². The van der Waals surface area contributed by atoms with Gasteiger partial charge >= 0.3 is 0 Å². The molecule has 0 atom stereocenters. The number of nitrogens with zero attached hydrogens (tertiary/aromatic N) is 2. The van der Waals surface area contributed by atoms with Crippen molar-refractivity contribution in [1.82, 2.24) is 4.57 Å². The number of thiophene rings is 1. The summed E-state index contributed by atoms with van der Waals surface area (Å²) in [5.41, 5.74) is 4.41. The molecule has 0 unspecified atom stereocenters. The van der Waals surface area contributed by atoms with Gasteiger partial charge in [0, 0.05) is 27.3 Å². The molecule has 0 amide bonds. The lowest BCUT2D eigenvalue weighted by Gasteiger charge is -2.17. The van der Waals surface area contributed by atoms with Gasteiger partial charge in [0.05, 0.1) is 49.7 Å². The number of ether oxygens (including phenoxy) is 3. The van der Waals surface area contributed by atoms with Gasteiger partial charge in [-0.25, -0.2) is 0 Å². The lowest BCUT2D eigenvalue weighted by atomic mass is 10.1. The second-order valence-electron chi connectivity index (χ2n) is 7.27. The van der Waals surface area contributed by atoms with Gasteiger partial charge < -0.3 is 18.8 Å². The Bertz CT molecular complexity index is 1430. The monoisotopic (exact) mass is 440 g/mol. The van der Waals surface area contributed by atoms with Crippen LogP contribution in [0, 0.1) is 11.3 Å². The van der Waals surface area contributed by atoms with E-state index in [1.54, 1.807) is 38.7 Å². The molecule has 0 saturated carbocycles. The Morgan fingerprint density at radius 1 is 0.812 bits per heavy atom. The van der Waals surface area contributed by atoms with Gasteiger partial charge in [-0.1, -0.05) is 6.07 Å². The van der Waals surface area contributed by atoms with Crippen LogP contribution in [0.25, 0.3) is 37.9 Å². The van der Waals surface area contributed by atoms with Crippen molar-refractivity contribution in [3.63, 3.8) is 0 Å². The highest BCUT2D eigenvalue weighted by molar-refractivity contribution is 7.13. The first-order chi connectivity index (χ1) is 15.7. The van der Waals surface area contributed by atoms with E-state index >= 15 is 0 Å². The molecule has 0 aliphatic carbocycles. The largest absolute Gasteiger partial charge is 0.497 e. The maximum absolute atomic E-state index is 9.62. The van der Waals surface area contributed by atoms with Crippen LogP contribution in [0.3, 0.4) is 0 Å². The number of benzene rings is 3. The number of rotatable bonds is 5. The first kappa shape index (κ1) is 20.0. The molecule has 0 aliphatic rings. The third-order valence-corrected chi connectivity index (χ3v) is 6.52. The highest BCUT2D eigenvalue weighted by atomic mass is 32.1. The molecule has 32 heavy (non-hydrogen) atoms. The second kappa shape index (κ2) is 7.95. The van der Waals surface area contributed by atoms with Gasteiger partial charge in [0.1, 0.15) is 17.2 Å². The smallest absolute Gasteiger partial charge is 0.144 e. The molecule has 5 aromatic rings. The summed E-state index contributed by atoms with van der Waals surface area (Å²) in [4.78, 5) is 1.06. The maximum atomic E-state index is 9.62. The van der Waals surface area contributed by atoms with Crippen LogP contribution >= 0.6 is 11.3 Å². The summed E-state index contributed by atoms with van der Waals surface area (Å²) < 4.78 is 19.0. The summed E-state index contributed by atoms with van der Waals surface area (Å²) in [5, 5.41) is 13.7. The molecule has 0 bridgehead atoms. The maximum Gasteiger partial charge on any atom is 0.144 e. The van der Waals surface area contributed by atoms with Crippen LogP contribution in [-0.4, -0.2) is 25.9 Å². The molecule has 0 radical (unpaired) electrons. The third-order valence-electron chi connectivity index (χ3n) is 5.61. The number of hydrogen-bond donors (Lipinski definition) is 0. The Morgan fingerprint density at radius 3 is 1.97 bits per heavy atom. The molecular formula is C26H20N2O3S. The Morgan fingerprint density at radius 2 is 1.47 bits per heavy atom. The van der Waals surface area contributed by atoms with E-state index in [1.165, 1.54) is 0 Å². The zero-order valence-electron chi connectivity index (χ0n) is 17.9. The van der Waals surface area contributed by atoms with E-state index in [0.717, 1.165) is 49.4 Å². The topological polar surface area (TPSA) is 56.4 Å². The van der Waals surface area contributed by atoms with Crippen molar-refractivity contribution in [3.05, 3.63) is 71.6 Å². The molecule has 3 aromatic carbocycles. The molecule has 5 rings (SSSR count). The summed E-state index contributed by atoms with van der Waals surface area (Å²) in [6.45, 7) is 0. The summed E-state index contributed by atoms with van der Waals surface area (Å²) in [6.07, 6.45) is 0. The van der Waals surface area contributed by atoms with Crippen LogP contribution in [-0.2, 0) is 0 Å². The molecule has 5 nitrogen and oxygen atoms in total. The Kier molecular flexibility index (Phi) is 4.96. The average molecular weight is 441 g/mol. The Hall–Kier alpha value is -3.95. The van der Waals surface area contributed by atoms with Crippen LogP contribution in [0.2, 0.25) is 0 Å². The van der Waals surface area contributed by atoms with Gasteiger partial charge in [0.25, 0.3) is 0 Å². The van der Waals surface area contributed by atoms with Crippen LogP contribution in [0.15, 0.2) is 66.0 Å². The molecule has 158 valence electrons. The zero-order chi connectivity index (χ0) is 22.2. The quantitative estimate of drug-likeness (QED) is 0.317. The Balaban J connectivity index is 1.96. The zero-order valence-corrected chi connectivity index (χ0v) is 18.7. The van der Waals surface area contributed by atoms with Crippen LogP contribution < -0.4 is 14.2 Å². The van der Waals surface area contributed by atoms with E-state index in [4.69, 9.17) is 14.2 Å². The predicted octanol–water partition coefficient (Wildman–Crippen LogP) is 6.41. The highest BCUT2D eigenvalue weighted by Crippen LogP contribution is 2.43. The minimum absolute atomic E-state index is 0.554. The van der Waals surface area contributed by atoms with E-state index in [-0.39, 0.29) is 0 Å². The number of methoxy groups -OCH3 is 3. The minimum Gasteiger partial charge on any atom is -0.497 e. The fourth-order valence-corrected chi connectivity index (χ4v) is 4.90. The molecular weight excluding hydrogens is 420 g/mol. The lowest BCUT2D eigenvalue weighted by Crippen LogP contribution is -2.01. The molecule has 0 aliphatic heterocycles. The summed E-state index contributed by atoms with van der Waals surface area (Å²) >= 11 is 1.63. The normalized spacial score (nSPS) is 10.9. The number of hydrogen-bond acceptors (Lipinski definition) is 5. The van der Waals surface area contributed by atoms with E-state index in [2.05, 4.69) is 28.8 Å². The van der Waals surface area contributed by atoms with Gasteiger partial charge in [0.2, 0.25) is 0 Å². The second-order valence-corrected chi connectivity index (χ2v) is 8.21. The van der Waals surface area contributed by atoms with Gasteiger partial charge in [0.15, 0.2) is 0 Å². The number of nitriles is 1. The van der Waals surface area contributed by atoms with Crippen molar-refractivity contribution in [2.75, 3.05) is 21.3 Å². The van der Waals surface area contributed by atoms with Gasteiger partial charge in [-0.05, 0) is 53.9 Å². The SMILES string of the molecule is COc1ccc2c(c1)c1cc(OC)ccc1n2-c1c(OC)cc(C#N)cc1-c1cccs1. The van der Waals surface area contributed by atoms with E-state index in [0.29, 0.717) is 11.3 Å². The first-order valence-electron chi connectivity index (χ1n) is 10.0. The first-order valence-corrected chi connectivity index (χ1v) is 10.9. The van der Waals surface area contributed by atoms with Crippen molar-refractivity contribution < 1.29 is 14.2 Å². The average Bonchev–Trinajstić information content (AvgIpc) is 3.49. The summed E-state index contributed by atoms with van der Waals surface area (Å²) in [5.74, 6) is 2.20. The molecule has 6 heteroatoms. The van der Waals surface area contributed by atoms with Crippen molar-refractivity contribution in [2.45, 2.75) is 0 Å². The summed E-state index contributed by atoms with van der Waals surface area (Å²) in [7, 11) is 4.97. The van der Waals surface area contributed by atoms with E-state index in [1.807, 2.05) is 41.8 Å².